The largest absolute Gasteiger partial charge is 0.480 e. The number of aromatic nitrogens is 1. The lowest BCUT2D eigenvalue weighted by Gasteiger charge is -2.14. The number of nitrogens with zero attached hydrogens (tertiary/aromatic N) is 2. The fraction of sp³-hybridized carbons (Fsp3) is 0.200. The molecule has 2 aromatic rings. The fourth-order valence-corrected chi connectivity index (χ4v) is 1.98. The molecule has 0 radical (unpaired) electrons. The van der Waals surface area contributed by atoms with Crippen LogP contribution in [0.3, 0.4) is 0 Å². The van der Waals surface area contributed by atoms with Gasteiger partial charge in [-0.1, -0.05) is 24.3 Å². The minimum absolute atomic E-state index is 0.0388. The number of carboxylic acids is 1. The second kappa shape index (κ2) is 6.11. The molecule has 0 aliphatic carbocycles. The molecule has 0 bridgehead atoms. The van der Waals surface area contributed by atoms with Gasteiger partial charge in [-0.3, -0.25) is 14.7 Å². The number of pyridine rings is 1. The highest BCUT2D eigenvalue weighted by Gasteiger charge is 2.06. The molecule has 0 saturated carbocycles. The number of carboxylic acid groups (broad SMARTS) is 1. The van der Waals surface area contributed by atoms with Crippen molar-refractivity contribution >= 4 is 5.97 Å². The van der Waals surface area contributed by atoms with Crippen molar-refractivity contribution < 1.29 is 9.90 Å². The number of benzene rings is 1. The summed E-state index contributed by atoms with van der Waals surface area (Å²) in [6, 6.07) is 12.0. The molecular weight excluding hydrogens is 240 g/mol. The summed E-state index contributed by atoms with van der Waals surface area (Å²) < 4.78 is 0. The van der Waals surface area contributed by atoms with E-state index in [2.05, 4.69) is 11.1 Å². The van der Waals surface area contributed by atoms with Crippen molar-refractivity contribution in [2.45, 2.75) is 6.54 Å². The summed E-state index contributed by atoms with van der Waals surface area (Å²) >= 11 is 0. The van der Waals surface area contributed by atoms with Gasteiger partial charge in [0.15, 0.2) is 0 Å². The number of hydrogen-bond donors (Lipinski definition) is 1. The molecule has 1 aromatic carbocycles. The van der Waals surface area contributed by atoms with Gasteiger partial charge < -0.3 is 5.11 Å². The Morgan fingerprint density at radius 1 is 1.26 bits per heavy atom. The van der Waals surface area contributed by atoms with E-state index in [1.807, 2.05) is 36.5 Å². The van der Waals surface area contributed by atoms with Gasteiger partial charge in [0.1, 0.15) is 0 Å². The van der Waals surface area contributed by atoms with Crippen molar-refractivity contribution in [1.82, 2.24) is 9.88 Å². The molecule has 0 spiro atoms. The predicted molar refractivity (Wildman–Crippen MR) is 73.6 cm³/mol. The Morgan fingerprint density at radius 2 is 2.05 bits per heavy atom. The van der Waals surface area contributed by atoms with Crippen LogP contribution in [0.15, 0.2) is 48.8 Å². The zero-order chi connectivity index (χ0) is 13.7. The van der Waals surface area contributed by atoms with Crippen molar-refractivity contribution in [2.24, 2.45) is 0 Å². The Morgan fingerprint density at radius 3 is 2.74 bits per heavy atom. The Labute approximate surface area is 112 Å². The Hall–Kier alpha value is -2.20. The molecule has 0 aliphatic heterocycles. The van der Waals surface area contributed by atoms with Crippen LogP contribution in [-0.2, 0) is 11.3 Å². The highest BCUT2D eigenvalue weighted by atomic mass is 16.4. The molecule has 4 nitrogen and oxygen atoms in total. The first-order chi connectivity index (χ1) is 9.15. The van der Waals surface area contributed by atoms with Crippen molar-refractivity contribution in [1.29, 1.82) is 0 Å². The van der Waals surface area contributed by atoms with Gasteiger partial charge in [0, 0.05) is 18.9 Å². The van der Waals surface area contributed by atoms with Crippen LogP contribution in [-0.4, -0.2) is 34.6 Å². The van der Waals surface area contributed by atoms with Crippen LogP contribution in [0.1, 0.15) is 5.56 Å². The van der Waals surface area contributed by atoms with E-state index >= 15 is 0 Å². The molecule has 4 heteroatoms. The number of carbonyl (C=O) groups is 1. The van der Waals surface area contributed by atoms with Crippen molar-refractivity contribution in [3.05, 3.63) is 54.4 Å². The monoisotopic (exact) mass is 256 g/mol. The summed E-state index contributed by atoms with van der Waals surface area (Å²) in [6.45, 7) is 0.650. The van der Waals surface area contributed by atoms with E-state index in [0.717, 1.165) is 16.7 Å². The molecule has 1 heterocycles. The third-order valence-electron chi connectivity index (χ3n) is 2.78. The summed E-state index contributed by atoms with van der Waals surface area (Å²) in [5.74, 6) is -0.814. The molecule has 98 valence electrons. The quantitative estimate of drug-likeness (QED) is 0.891. The molecule has 1 N–H and O–H groups in total. The van der Waals surface area contributed by atoms with E-state index < -0.39 is 5.97 Å². The number of hydrogen-bond acceptors (Lipinski definition) is 3. The summed E-state index contributed by atoms with van der Waals surface area (Å²) in [7, 11) is 1.80. The van der Waals surface area contributed by atoms with Crippen LogP contribution >= 0.6 is 0 Å². The van der Waals surface area contributed by atoms with E-state index in [-0.39, 0.29) is 6.54 Å². The first-order valence-electron chi connectivity index (χ1n) is 6.05. The number of likely N-dealkylation sites (N-methyl/N-ethyl adjacent to an activating group) is 1. The van der Waals surface area contributed by atoms with Crippen LogP contribution in [0.2, 0.25) is 0 Å². The fourth-order valence-electron chi connectivity index (χ4n) is 1.98. The summed E-state index contributed by atoms with van der Waals surface area (Å²) in [5.41, 5.74) is 3.24. The maximum Gasteiger partial charge on any atom is 0.317 e. The molecule has 19 heavy (non-hydrogen) atoms. The van der Waals surface area contributed by atoms with Gasteiger partial charge in [-0.2, -0.15) is 0 Å². The molecular formula is C15H16N2O2. The Kier molecular flexibility index (Phi) is 4.26. The normalized spacial score (nSPS) is 10.6. The molecule has 0 aliphatic rings. The van der Waals surface area contributed by atoms with Crippen molar-refractivity contribution in [3.8, 4) is 11.1 Å². The van der Waals surface area contributed by atoms with Crippen molar-refractivity contribution in [3.63, 3.8) is 0 Å². The Balaban J connectivity index is 2.14. The average molecular weight is 256 g/mol. The molecule has 0 amide bonds. The molecule has 2 rings (SSSR count). The molecule has 0 unspecified atom stereocenters. The van der Waals surface area contributed by atoms with Crippen LogP contribution in [0.4, 0.5) is 0 Å². The van der Waals surface area contributed by atoms with Gasteiger partial charge in [0.2, 0.25) is 0 Å². The zero-order valence-electron chi connectivity index (χ0n) is 10.8. The second-order valence-electron chi connectivity index (χ2n) is 4.51. The van der Waals surface area contributed by atoms with Gasteiger partial charge in [0.05, 0.1) is 6.54 Å². The summed E-state index contributed by atoms with van der Waals surface area (Å²) in [5, 5.41) is 8.74. The average Bonchev–Trinajstić information content (AvgIpc) is 2.39. The van der Waals surface area contributed by atoms with E-state index in [0.29, 0.717) is 6.54 Å². The predicted octanol–water partition coefficient (Wildman–Crippen LogP) is 2.26. The van der Waals surface area contributed by atoms with E-state index in [9.17, 15) is 4.79 Å². The van der Waals surface area contributed by atoms with Crippen molar-refractivity contribution in [2.75, 3.05) is 13.6 Å². The van der Waals surface area contributed by atoms with Gasteiger partial charge in [-0.25, -0.2) is 0 Å². The highest BCUT2D eigenvalue weighted by Crippen LogP contribution is 2.19. The Bertz CT molecular complexity index is 555. The lowest BCUT2D eigenvalue weighted by Crippen LogP contribution is -2.25. The molecule has 0 fully saturated rings. The third kappa shape index (κ3) is 3.89. The van der Waals surface area contributed by atoms with E-state index in [1.165, 1.54) is 0 Å². The van der Waals surface area contributed by atoms with Crippen LogP contribution in [0.5, 0.6) is 0 Å². The molecule has 0 atom stereocenters. The first kappa shape index (κ1) is 13.2. The minimum atomic E-state index is -0.814. The van der Waals surface area contributed by atoms with Crippen LogP contribution < -0.4 is 0 Å². The number of rotatable bonds is 5. The standard InChI is InChI=1S/C15H16N2O2/c1-17(11-15(18)19)10-12-4-2-5-13(8-12)14-6-3-7-16-9-14/h2-9H,10-11H2,1H3,(H,18,19). The molecule has 0 saturated heterocycles. The van der Waals surface area contributed by atoms with Gasteiger partial charge >= 0.3 is 5.97 Å². The summed E-state index contributed by atoms with van der Waals surface area (Å²) in [4.78, 5) is 16.5. The van der Waals surface area contributed by atoms with E-state index in [1.54, 1.807) is 18.1 Å². The van der Waals surface area contributed by atoms with E-state index in [4.69, 9.17) is 5.11 Å². The van der Waals surface area contributed by atoms with Gasteiger partial charge in [-0.15, -0.1) is 0 Å². The smallest absolute Gasteiger partial charge is 0.317 e. The van der Waals surface area contributed by atoms with Crippen LogP contribution in [0.25, 0.3) is 11.1 Å². The van der Waals surface area contributed by atoms with Gasteiger partial charge in [-0.05, 0) is 35.9 Å². The first-order valence-corrected chi connectivity index (χ1v) is 6.05. The SMILES string of the molecule is CN(CC(=O)O)Cc1cccc(-c2cccnc2)c1. The minimum Gasteiger partial charge on any atom is -0.480 e. The molecule has 1 aromatic heterocycles. The third-order valence-corrected chi connectivity index (χ3v) is 2.78. The lowest BCUT2D eigenvalue weighted by atomic mass is 10.0. The van der Waals surface area contributed by atoms with Gasteiger partial charge in [0.25, 0.3) is 0 Å². The zero-order valence-corrected chi connectivity index (χ0v) is 10.8. The second-order valence-corrected chi connectivity index (χ2v) is 4.51. The number of aliphatic carboxylic acids is 1. The highest BCUT2D eigenvalue weighted by molar-refractivity contribution is 5.69. The topological polar surface area (TPSA) is 53.4 Å². The summed E-state index contributed by atoms with van der Waals surface area (Å²) in [6.07, 6.45) is 3.56. The van der Waals surface area contributed by atoms with Crippen LogP contribution in [0, 0.1) is 0 Å². The maximum absolute atomic E-state index is 10.6. The lowest BCUT2D eigenvalue weighted by molar-refractivity contribution is -0.138. The maximum atomic E-state index is 10.6.